The predicted octanol–water partition coefficient (Wildman–Crippen LogP) is -0.173. The van der Waals surface area contributed by atoms with Crippen LogP contribution in [0.2, 0.25) is 0 Å². The number of benzene rings is 1. The first-order valence-electron chi connectivity index (χ1n) is 10.8. The van der Waals surface area contributed by atoms with E-state index in [1.54, 1.807) is 45.9 Å². The second-order valence-corrected chi connectivity index (χ2v) is 9.35. The number of ether oxygens (including phenoxy) is 2. The lowest BCUT2D eigenvalue weighted by atomic mass is 10.1. The van der Waals surface area contributed by atoms with E-state index in [9.17, 15) is 29.4 Å². The van der Waals surface area contributed by atoms with E-state index in [0.717, 1.165) is 9.80 Å². The highest BCUT2D eigenvalue weighted by Crippen LogP contribution is 2.21. The van der Waals surface area contributed by atoms with Crippen LogP contribution in [0.1, 0.15) is 27.7 Å². The Morgan fingerprint density at radius 3 is 1.50 bits per heavy atom. The number of hydrogen-bond acceptors (Lipinski definition) is 8. The van der Waals surface area contributed by atoms with Gasteiger partial charge in [0.2, 0.25) is 0 Å². The number of imide groups is 2. The van der Waals surface area contributed by atoms with Crippen LogP contribution in [0.15, 0.2) is 24.3 Å². The van der Waals surface area contributed by atoms with Crippen molar-refractivity contribution in [3.63, 3.8) is 0 Å². The Bertz CT molecular complexity index is 906. The third-order valence-corrected chi connectivity index (χ3v) is 5.37. The summed E-state index contributed by atoms with van der Waals surface area (Å²) in [7, 11) is 0. The maximum atomic E-state index is 12.2. The van der Waals surface area contributed by atoms with Gasteiger partial charge in [0.05, 0.1) is 13.1 Å². The van der Waals surface area contributed by atoms with Crippen LogP contribution >= 0.6 is 0 Å². The van der Waals surface area contributed by atoms with Crippen LogP contribution in [0, 0.1) is 0 Å². The summed E-state index contributed by atoms with van der Waals surface area (Å²) in [5, 5.41) is 25.5. The summed E-state index contributed by atoms with van der Waals surface area (Å²) >= 11 is 0. The Labute approximate surface area is 196 Å². The largest absolute Gasteiger partial charge is 0.491 e. The summed E-state index contributed by atoms with van der Waals surface area (Å²) in [6.45, 7) is 5.55. The second-order valence-electron chi connectivity index (χ2n) is 9.35. The molecule has 1 aromatic carbocycles. The molecule has 4 N–H and O–H groups in total. The molecule has 0 bridgehead atoms. The van der Waals surface area contributed by atoms with Crippen LogP contribution in [0.4, 0.5) is 9.59 Å². The number of hydrogen-bond donors (Lipinski definition) is 4. The molecule has 2 aliphatic rings. The Kier molecular flexibility index (Phi) is 7.03. The summed E-state index contributed by atoms with van der Waals surface area (Å²) in [6.07, 6.45) is -2.22. The van der Waals surface area contributed by atoms with E-state index in [0.29, 0.717) is 11.5 Å². The van der Waals surface area contributed by atoms with Gasteiger partial charge in [-0.1, -0.05) is 6.07 Å². The molecule has 1 aromatic rings. The van der Waals surface area contributed by atoms with E-state index in [1.807, 2.05) is 0 Å². The number of rotatable bonds is 10. The summed E-state index contributed by atoms with van der Waals surface area (Å²) in [4.78, 5) is 50.1. The number of aliphatic hydroxyl groups is 2. The lowest BCUT2D eigenvalue weighted by molar-refractivity contribution is -0.132. The van der Waals surface area contributed by atoms with Crippen LogP contribution in [0.5, 0.6) is 11.5 Å². The summed E-state index contributed by atoms with van der Waals surface area (Å²) in [5.74, 6) is -0.136. The standard InChI is InChI=1S/C22H30N4O8/c1-21(2)17(29)25(19(31)23-21)9-13(27)11-33-15-6-5-7-16(8-15)34-12-14(28)10-26-18(30)22(3,4)24-20(26)32/h5-8,13-14,27-28H,9-12H2,1-4H3,(H,23,31)(H,24,32)/t13-,14-/m0/s1. The zero-order chi connectivity index (χ0) is 25.3. The highest BCUT2D eigenvalue weighted by Gasteiger charge is 2.45. The number of nitrogens with one attached hydrogen (secondary N) is 2. The summed E-state index contributed by atoms with van der Waals surface area (Å²) in [6, 6.07) is 5.29. The van der Waals surface area contributed by atoms with Crippen molar-refractivity contribution >= 4 is 23.9 Å². The Morgan fingerprint density at radius 2 is 1.18 bits per heavy atom. The Hall–Kier alpha value is -3.38. The number of β-amino-alcohol motifs (C(OH)–C–C–N with tert-alkyl or cyclic N) is 2. The van der Waals surface area contributed by atoms with Gasteiger partial charge in [0, 0.05) is 6.07 Å². The molecule has 12 heteroatoms. The fraction of sp³-hybridized carbons (Fsp3) is 0.545. The monoisotopic (exact) mass is 478 g/mol. The molecule has 0 radical (unpaired) electrons. The predicted molar refractivity (Wildman–Crippen MR) is 118 cm³/mol. The van der Waals surface area contributed by atoms with E-state index in [1.165, 1.54) is 6.07 Å². The molecule has 0 unspecified atom stereocenters. The minimum absolute atomic E-state index is 0.175. The zero-order valence-electron chi connectivity index (χ0n) is 19.5. The summed E-state index contributed by atoms with van der Waals surface area (Å²) in [5.41, 5.74) is -2.04. The number of carbonyl (C=O) groups is 4. The van der Waals surface area contributed by atoms with E-state index >= 15 is 0 Å². The maximum absolute atomic E-state index is 12.2. The topological polar surface area (TPSA) is 158 Å². The molecule has 2 saturated heterocycles. The molecule has 2 atom stereocenters. The van der Waals surface area contributed by atoms with Gasteiger partial charge in [0.25, 0.3) is 11.8 Å². The lowest BCUT2D eigenvalue weighted by Gasteiger charge is -2.20. The highest BCUT2D eigenvalue weighted by molar-refractivity contribution is 6.07. The van der Waals surface area contributed by atoms with Gasteiger partial charge >= 0.3 is 12.1 Å². The quantitative estimate of drug-likeness (QED) is 0.338. The first kappa shape index (κ1) is 25.2. The van der Waals surface area contributed by atoms with E-state index < -0.39 is 47.2 Å². The average molecular weight is 479 g/mol. The maximum Gasteiger partial charge on any atom is 0.325 e. The number of nitrogens with zero attached hydrogens (tertiary/aromatic N) is 2. The number of aliphatic hydroxyl groups excluding tert-OH is 2. The molecule has 0 aromatic heterocycles. The zero-order valence-corrected chi connectivity index (χ0v) is 19.5. The molecule has 2 heterocycles. The minimum atomic E-state index is -1.11. The molecule has 6 amide bonds. The average Bonchev–Trinajstić information content (AvgIpc) is 3.07. The smallest absolute Gasteiger partial charge is 0.325 e. The number of carbonyl (C=O) groups excluding carboxylic acids is 4. The van der Waals surface area contributed by atoms with Crippen molar-refractivity contribution in [3.05, 3.63) is 24.3 Å². The fourth-order valence-electron chi connectivity index (χ4n) is 3.53. The third kappa shape index (κ3) is 5.57. The van der Waals surface area contributed by atoms with Gasteiger partial charge in [-0.05, 0) is 39.8 Å². The first-order chi connectivity index (χ1) is 15.8. The molecule has 12 nitrogen and oxygen atoms in total. The molecule has 3 rings (SSSR count). The molecule has 2 aliphatic heterocycles. The van der Waals surface area contributed by atoms with Gasteiger partial charge in [-0.15, -0.1) is 0 Å². The van der Waals surface area contributed by atoms with Crippen molar-refractivity contribution in [1.82, 2.24) is 20.4 Å². The van der Waals surface area contributed by atoms with Crippen molar-refractivity contribution in [3.8, 4) is 11.5 Å². The Balaban J connectivity index is 1.47. The van der Waals surface area contributed by atoms with Gasteiger partial charge in [0.1, 0.15) is 48.0 Å². The molecule has 2 fully saturated rings. The number of urea groups is 2. The summed E-state index contributed by atoms with van der Waals surface area (Å²) < 4.78 is 11.1. The van der Waals surface area contributed by atoms with Crippen LogP contribution < -0.4 is 20.1 Å². The molecular formula is C22H30N4O8. The van der Waals surface area contributed by atoms with Gasteiger partial charge in [-0.2, -0.15) is 0 Å². The SMILES string of the molecule is CC1(C)NC(=O)N(C[C@H](O)COc2cccc(OC[C@@H](O)CN3C(=O)NC(C)(C)C3=O)c2)C1=O. The Morgan fingerprint density at radius 1 is 0.794 bits per heavy atom. The van der Waals surface area contributed by atoms with Crippen LogP contribution in [-0.4, -0.2) is 93.5 Å². The van der Waals surface area contributed by atoms with Crippen LogP contribution in [0.25, 0.3) is 0 Å². The fourth-order valence-corrected chi connectivity index (χ4v) is 3.53. The van der Waals surface area contributed by atoms with Gasteiger partial charge < -0.3 is 30.3 Å². The molecule has 0 saturated carbocycles. The van der Waals surface area contributed by atoms with Crippen molar-refractivity contribution in [1.29, 1.82) is 0 Å². The van der Waals surface area contributed by atoms with Gasteiger partial charge in [0.15, 0.2) is 0 Å². The van der Waals surface area contributed by atoms with Crippen molar-refractivity contribution in [2.75, 3.05) is 26.3 Å². The van der Waals surface area contributed by atoms with Gasteiger partial charge in [-0.3, -0.25) is 19.4 Å². The second kappa shape index (κ2) is 9.47. The first-order valence-corrected chi connectivity index (χ1v) is 10.8. The van der Waals surface area contributed by atoms with E-state index in [4.69, 9.17) is 9.47 Å². The van der Waals surface area contributed by atoms with E-state index in [2.05, 4.69) is 10.6 Å². The molecule has 186 valence electrons. The third-order valence-electron chi connectivity index (χ3n) is 5.37. The number of amides is 6. The molecule has 34 heavy (non-hydrogen) atoms. The minimum Gasteiger partial charge on any atom is -0.491 e. The molecule has 0 aliphatic carbocycles. The normalized spacial score (nSPS) is 20.8. The van der Waals surface area contributed by atoms with Crippen molar-refractivity contribution in [2.24, 2.45) is 0 Å². The van der Waals surface area contributed by atoms with Crippen LogP contribution in [0.3, 0.4) is 0 Å². The van der Waals surface area contributed by atoms with Gasteiger partial charge in [-0.25, -0.2) is 9.59 Å². The van der Waals surface area contributed by atoms with Crippen LogP contribution in [-0.2, 0) is 9.59 Å². The molecule has 0 spiro atoms. The lowest BCUT2D eigenvalue weighted by Crippen LogP contribution is -2.42. The molecular weight excluding hydrogens is 448 g/mol. The highest BCUT2D eigenvalue weighted by atomic mass is 16.5. The van der Waals surface area contributed by atoms with E-state index in [-0.39, 0.29) is 26.3 Å². The van der Waals surface area contributed by atoms with Crippen molar-refractivity contribution in [2.45, 2.75) is 51.0 Å². The van der Waals surface area contributed by atoms with Crippen molar-refractivity contribution < 1.29 is 38.9 Å².